The third kappa shape index (κ3) is 10.6. The van der Waals surface area contributed by atoms with Crippen LogP contribution in [0.4, 0.5) is 0 Å². The first-order valence-electron chi connectivity index (χ1n) is 6.60. The minimum absolute atomic E-state index is 0.737. The monoisotopic (exact) mass is 231 g/mol. The Morgan fingerprint density at radius 1 is 1.00 bits per heavy atom. The first-order chi connectivity index (χ1) is 7.35. The van der Waals surface area contributed by atoms with Crippen LogP contribution in [0.3, 0.4) is 0 Å². The number of nitrogens with one attached hydrogen (secondary N) is 1. The molecule has 0 bridgehead atoms. The Morgan fingerprint density at radius 3 is 2.27 bits per heavy atom. The molecule has 0 aromatic carbocycles. The second-order valence-corrected chi connectivity index (χ2v) is 5.52. The molecule has 0 aliphatic carbocycles. The Morgan fingerprint density at radius 2 is 1.67 bits per heavy atom. The van der Waals surface area contributed by atoms with Crippen molar-refractivity contribution in [1.82, 2.24) is 5.32 Å². The maximum atomic E-state index is 3.42. The second kappa shape index (κ2) is 12.4. The SMILES string of the molecule is CCCCCCCCC(CSCC)NC. The first kappa shape index (κ1) is 15.3. The molecule has 0 aliphatic rings. The van der Waals surface area contributed by atoms with E-state index < -0.39 is 0 Å². The molecule has 0 radical (unpaired) electrons. The standard InChI is InChI=1S/C13H29NS/c1-4-6-7-8-9-10-11-13(14-3)12-15-5-2/h13-14H,4-12H2,1-3H3. The Hall–Kier alpha value is 0.310. The molecule has 1 atom stereocenters. The van der Waals surface area contributed by atoms with Gasteiger partial charge in [0.2, 0.25) is 0 Å². The lowest BCUT2D eigenvalue weighted by atomic mass is 10.1. The lowest BCUT2D eigenvalue weighted by molar-refractivity contribution is 0.514. The first-order valence-corrected chi connectivity index (χ1v) is 7.75. The lowest BCUT2D eigenvalue weighted by Crippen LogP contribution is -2.27. The van der Waals surface area contributed by atoms with Crippen LogP contribution in [0.5, 0.6) is 0 Å². The van der Waals surface area contributed by atoms with E-state index in [1.165, 1.54) is 56.5 Å². The summed E-state index contributed by atoms with van der Waals surface area (Å²) in [5.74, 6) is 2.52. The van der Waals surface area contributed by atoms with Crippen LogP contribution in [-0.4, -0.2) is 24.6 Å². The van der Waals surface area contributed by atoms with Crippen LogP contribution >= 0.6 is 11.8 Å². The summed E-state index contributed by atoms with van der Waals surface area (Å²) in [6.07, 6.45) is 9.83. The number of rotatable bonds is 11. The third-order valence-electron chi connectivity index (χ3n) is 2.84. The van der Waals surface area contributed by atoms with Crippen molar-refractivity contribution < 1.29 is 0 Å². The van der Waals surface area contributed by atoms with Crippen LogP contribution in [0.1, 0.15) is 58.8 Å². The minimum Gasteiger partial charge on any atom is -0.316 e. The van der Waals surface area contributed by atoms with Crippen molar-refractivity contribution in [2.24, 2.45) is 0 Å². The largest absolute Gasteiger partial charge is 0.316 e. The van der Waals surface area contributed by atoms with Crippen LogP contribution in [0.2, 0.25) is 0 Å². The number of thioether (sulfide) groups is 1. The van der Waals surface area contributed by atoms with Crippen molar-refractivity contribution in [3.05, 3.63) is 0 Å². The number of hydrogen-bond acceptors (Lipinski definition) is 2. The van der Waals surface area contributed by atoms with E-state index in [1.54, 1.807) is 0 Å². The van der Waals surface area contributed by atoms with Gasteiger partial charge in [-0.05, 0) is 19.2 Å². The molecule has 92 valence electrons. The Kier molecular flexibility index (Phi) is 12.6. The molecule has 0 aromatic rings. The van der Waals surface area contributed by atoms with Gasteiger partial charge in [0.05, 0.1) is 0 Å². The second-order valence-electron chi connectivity index (χ2n) is 4.20. The van der Waals surface area contributed by atoms with Crippen molar-refractivity contribution in [1.29, 1.82) is 0 Å². The van der Waals surface area contributed by atoms with Gasteiger partial charge in [0.25, 0.3) is 0 Å². The van der Waals surface area contributed by atoms with Gasteiger partial charge in [-0.25, -0.2) is 0 Å². The molecule has 1 unspecified atom stereocenters. The van der Waals surface area contributed by atoms with Gasteiger partial charge in [-0.15, -0.1) is 0 Å². The molecule has 0 aromatic heterocycles. The molecule has 0 aliphatic heterocycles. The van der Waals surface area contributed by atoms with E-state index >= 15 is 0 Å². The summed E-state index contributed by atoms with van der Waals surface area (Å²) in [4.78, 5) is 0. The van der Waals surface area contributed by atoms with E-state index in [1.807, 2.05) is 0 Å². The Balaban J connectivity index is 3.22. The Labute approximate surface area is 101 Å². The molecule has 0 amide bonds. The number of unbranched alkanes of at least 4 members (excludes halogenated alkanes) is 5. The lowest BCUT2D eigenvalue weighted by Gasteiger charge is -2.14. The van der Waals surface area contributed by atoms with Crippen LogP contribution in [0.15, 0.2) is 0 Å². The van der Waals surface area contributed by atoms with Gasteiger partial charge in [0.1, 0.15) is 0 Å². The van der Waals surface area contributed by atoms with E-state index in [2.05, 4.69) is 38.0 Å². The van der Waals surface area contributed by atoms with Gasteiger partial charge in [-0.1, -0.05) is 52.4 Å². The highest BCUT2D eigenvalue weighted by molar-refractivity contribution is 7.99. The van der Waals surface area contributed by atoms with Gasteiger partial charge in [0, 0.05) is 11.8 Å². The zero-order valence-electron chi connectivity index (χ0n) is 10.8. The van der Waals surface area contributed by atoms with Gasteiger partial charge in [-0.2, -0.15) is 11.8 Å². The fraction of sp³-hybridized carbons (Fsp3) is 1.00. The van der Waals surface area contributed by atoms with E-state index in [-0.39, 0.29) is 0 Å². The maximum absolute atomic E-state index is 3.42. The summed E-state index contributed by atoms with van der Waals surface area (Å²) < 4.78 is 0. The van der Waals surface area contributed by atoms with E-state index in [0.717, 1.165) is 6.04 Å². The van der Waals surface area contributed by atoms with Crippen molar-refractivity contribution in [2.45, 2.75) is 64.8 Å². The van der Waals surface area contributed by atoms with Crippen molar-refractivity contribution >= 4 is 11.8 Å². The van der Waals surface area contributed by atoms with Gasteiger partial charge in [0.15, 0.2) is 0 Å². The average Bonchev–Trinajstić information content (AvgIpc) is 2.27. The fourth-order valence-corrected chi connectivity index (χ4v) is 2.60. The summed E-state index contributed by atoms with van der Waals surface area (Å²) in [5, 5.41) is 3.42. The molecule has 1 N–H and O–H groups in total. The highest BCUT2D eigenvalue weighted by Gasteiger charge is 2.04. The molecule has 0 heterocycles. The van der Waals surface area contributed by atoms with Gasteiger partial charge >= 0.3 is 0 Å². The summed E-state index contributed by atoms with van der Waals surface area (Å²) in [7, 11) is 2.10. The van der Waals surface area contributed by atoms with E-state index in [9.17, 15) is 0 Å². The molecule has 15 heavy (non-hydrogen) atoms. The van der Waals surface area contributed by atoms with Crippen LogP contribution in [-0.2, 0) is 0 Å². The molecular weight excluding hydrogens is 202 g/mol. The minimum atomic E-state index is 0.737. The summed E-state index contributed by atoms with van der Waals surface area (Å²) in [6, 6.07) is 0.737. The van der Waals surface area contributed by atoms with Crippen molar-refractivity contribution in [2.75, 3.05) is 18.6 Å². The zero-order valence-corrected chi connectivity index (χ0v) is 11.7. The van der Waals surface area contributed by atoms with E-state index in [4.69, 9.17) is 0 Å². The molecule has 0 saturated heterocycles. The predicted octanol–water partition coefficient (Wildman–Crippen LogP) is 4.08. The smallest absolute Gasteiger partial charge is 0.0155 e. The molecular formula is C13H29NS. The van der Waals surface area contributed by atoms with Crippen LogP contribution < -0.4 is 5.32 Å². The molecule has 0 spiro atoms. The molecule has 0 rings (SSSR count). The molecule has 0 fully saturated rings. The van der Waals surface area contributed by atoms with Crippen molar-refractivity contribution in [3.63, 3.8) is 0 Å². The molecule has 0 saturated carbocycles. The van der Waals surface area contributed by atoms with E-state index in [0.29, 0.717) is 0 Å². The van der Waals surface area contributed by atoms with Gasteiger partial charge in [-0.3, -0.25) is 0 Å². The van der Waals surface area contributed by atoms with Gasteiger partial charge < -0.3 is 5.32 Å². The van der Waals surface area contributed by atoms with Crippen LogP contribution in [0, 0.1) is 0 Å². The van der Waals surface area contributed by atoms with Crippen molar-refractivity contribution in [3.8, 4) is 0 Å². The fourth-order valence-electron chi connectivity index (χ4n) is 1.74. The zero-order chi connectivity index (χ0) is 11.4. The quantitative estimate of drug-likeness (QED) is 0.538. The topological polar surface area (TPSA) is 12.0 Å². The third-order valence-corrected chi connectivity index (χ3v) is 3.88. The summed E-state index contributed by atoms with van der Waals surface area (Å²) >= 11 is 2.05. The van der Waals surface area contributed by atoms with Crippen LogP contribution in [0.25, 0.3) is 0 Å². The molecule has 2 heteroatoms. The highest BCUT2D eigenvalue weighted by Crippen LogP contribution is 2.11. The number of hydrogen-bond donors (Lipinski definition) is 1. The predicted molar refractivity (Wildman–Crippen MR) is 73.8 cm³/mol. The summed E-state index contributed by atoms with van der Waals surface area (Å²) in [5.41, 5.74) is 0. The average molecular weight is 231 g/mol. The summed E-state index contributed by atoms with van der Waals surface area (Å²) in [6.45, 7) is 4.52. The normalized spacial score (nSPS) is 13.0. The highest BCUT2D eigenvalue weighted by atomic mass is 32.2. The Bertz CT molecular complexity index is 117. The molecule has 1 nitrogen and oxygen atoms in total. The maximum Gasteiger partial charge on any atom is 0.0155 e.